The molecule has 1 rings (SSSR count). The molecule has 1 unspecified atom stereocenters. The summed E-state index contributed by atoms with van der Waals surface area (Å²) < 4.78 is 28.5. The minimum Gasteiger partial charge on any atom is -0.480 e. The number of carbonyl (C=O) groups is 2. The van der Waals surface area contributed by atoms with Gasteiger partial charge in [-0.05, 0) is 12.8 Å². The highest BCUT2D eigenvalue weighted by molar-refractivity contribution is 7.92. The van der Waals surface area contributed by atoms with E-state index in [1.807, 2.05) is 0 Å². The molecule has 1 aliphatic heterocycles. The number of hydrogen-bond donors (Lipinski definition) is 1. The first-order valence-corrected chi connectivity index (χ1v) is 7.81. The summed E-state index contributed by atoms with van der Waals surface area (Å²) >= 11 is 0. The van der Waals surface area contributed by atoms with Gasteiger partial charge in [0.1, 0.15) is 11.8 Å². The summed E-state index contributed by atoms with van der Waals surface area (Å²) in [5.41, 5.74) is 0. The fourth-order valence-electron chi connectivity index (χ4n) is 2.07. The third kappa shape index (κ3) is 4.46. The van der Waals surface area contributed by atoms with Crippen molar-refractivity contribution < 1.29 is 27.9 Å². The van der Waals surface area contributed by atoms with Crippen LogP contribution in [-0.4, -0.2) is 68.1 Å². The van der Waals surface area contributed by atoms with Gasteiger partial charge < -0.3 is 14.7 Å². The summed E-state index contributed by atoms with van der Waals surface area (Å²) in [4.78, 5) is 24.0. The Morgan fingerprint density at radius 3 is 2.58 bits per heavy atom. The minimum absolute atomic E-state index is 0.00536. The number of ether oxygens (including phenoxy) is 1. The third-order valence-corrected chi connectivity index (χ3v) is 5.22. The lowest BCUT2D eigenvalue weighted by atomic mass is 10.1. The number of nitrogens with zero attached hydrogens (tertiary/aromatic N) is 1. The first kappa shape index (κ1) is 15.9. The van der Waals surface area contributed by atoms with Crippen LogP contribution in [-0.2, 0) is 24.2 Å². The van der Waals surface area contributed by atoms with Crippen molar-refractivity contribution in [3.05, 3.63) is 0 Å². The Balaban J connectivity index is 2.82. The Kier molecular flexibility index (Phi) is 5.74. The topological polar surface area (TPSA) is 101 Å². The van der Waals surface area contributed by atoms with E-state index in [2.05, 4.69) is 0 Å². The van der Waals surface area contributed by atoms with Gasteiger partial charge in [-0.1, -0.05) is 6.42 Å². The molecule has 1 aliphatic rings. The van der Waals surface area contributed by atoms with Gasteiger partial charge in [-0.3, -0.25) is 9.59 Å². The van der Waals surface area contributed by atoms with Crippen LogP contribution in [0.25, 0.3) is 0 Å². The molecule has 0 aromatic rings. The van der Waals surface area contributed by atoms with E-state index >= 15 is 0 Å². The lowest BCUT2D eigenvalue weighted by Crippen LogP contribution is -2.48. The second-order valence-electron chi connectivity index (χ2n) is 4.50. The van der Waals surface area contributed by atoms with E-state index in [0.717, 1.165) is 4.90 Å². The van der Waals surface area contributed by atoms with Crippen molar-refractivity contribution in [2.24, 2.45) is 0 Å². The van der Waals surface area contributed by atoms with Crippen LogP contribution in [0.2, 0.25) is 0 Å². The molecule has 0 aromatic carbocycles. The molecule has 1 heterocycles. The average molecular weight is 293 g/mol. The van der Waals surface area contributed by atoms with E-state index in [9.17, 15) is 18.0 Å². The maximum absolute atomic E-state index is 12.2. The molecule has 0 saturated carbocycles. The zero-order chi connectivity index (χ0) is 14.5. The molecule has 0 aromatic heterocycles. The Morgan fingerprint density at radius 1 is 1.37 bits per heavy atom. The Bertz CT molecular complexity index is 432. The van der Waals surface area contributed by atoms with Gasteiger partial charge in [0.05, 0.1) is 12.4 Å². The molecule has 1 fully saturated rings. The summed E-state index contributed by atoms with van der Waals surface area (Å²) in [7, 11) is -2.02. The zero-order valence-electron chi connectivity index (χ0n) is 10.9. The quantitative estimate of drug-likeness (QED) is 0.709. The Hall–Kier alpha value is -1.15. The first-order valence-electron chi connectivity index (χ1n) is 6.09. The lowest BCUT2D eigenvalue weighted by molar-refractivity contribution is -0.144. The van der Waals surface area contributed by atoms with Crippen LogP contribution in [0.15, 0.2) is 0 Å². The van der Waals surface area contributed by atoms with Crippen LogP contribution < -0.4 is 0 Å². The van der Waals surface area contributed by atoms with Crippen molar-refractivity contribution in [1.82, 2.24) is 4.90 Å². The molecule has 1 amide bonds. The van der Waals surface area contributed by atoms with Gasteiger partial charge in [-0.2, -0.15) is 0 Å². The monoisotopic (exact) mass is 293 g/mol. The summed E-state index contributed by atoms with van der Waals surface area (Å²) in [5.74, 6) is -1.80. The number of carbonyl (C=O) groups excluding carboxylic acids is 1. The largest absolute Gasteiger partial charge is 0.480 e. The van der Waals surface area contributed by atoms with E-state index in [0.29, 0.717) is 12.8 Å². The Morgan fingerprint density at radius 2 is 2.05 bits per heavy atom. The number of carboxylic acids is 1. The second-order valence-corrected chi connectivity index (χ2v) is 6.80. The molecule has 7 nitrogen and oxygen atoms in total. The van der Waals surface area contributed by atoms with E-state index < -0.39 is 33.5 Å². The van der Waals surface area contributed by atoms with Crippen LogP contribution in [0.5, 0.6) is 0 Å². The van der Waals surface area contributed by atoms with Crippen molar-refractivity contribution in [2.75, 3.05) is 32.6 Å². The molecular formula is C11H19NO6S. The van der Waals surface area contributed by atoms with Crippen LogP contribution in [0.1, 0.15) is 19.3 Å². The van der Waals surface area contributed by atoms with E-state index in [-0.39, 0.29) is 25.3 Å². The molecule has 0 aliphatic carbocycles. The van der Waals surface area contributed by atoms with Crippen molar-refractivity contribution >= 4 is 21.7 Å². The van der Waals surface area contributed by atoms with Crippen molar-refractivity contribution in [3.63, 3.8) is 0 Å². The SMILES string of the molecule is COCCN(CC(=O)O)C(=O)C1CCCCS1(=O)=O. The molecule has 0 radical (unpaired) electrons. The van der Waals surface area contributed by atoms with Crippen LogP contribution in [0.3, 0.4) is 0 Å². The highest BCUT2D eigenvalue weighted by Gasteiger charge is 2.37. The van der Waals surface area contributed by atoms with Gasteiger partial charge in [0.25, 0.3) is 0 Å². The predicted octanol–water partition coefficient (Wildman–Crippen LogP) is -0.487. The number of amides is 1. The standard InChI is InChI=1S/C11H19NO6S/c1-18-6-5-12(8-10(13)14)11(15)9-4-2-3-7-19(9,16)17/h9H,2-8H2,1H3,(H,13,14). The molecule has 19 heavy (non-hydrogen) atoms. The number of carboxylic acid groups (broad SMARTS) is 1. The van der Waals surface area contributed by atoms with Crippen molar-refractivity contribution in [1.29, 1.82) is 0 Å². The molecule has 0 spiro atoms. The fraction of sp³-hybridized carbons (Fsp3) is 0.818. The van der Waals surface area contributed by atoms with E-state index in [4.69, 9.17) is 9.84 Å². The predicted molar refractivity (Wildman–Crippen MR) is 67.5 cm³/mol. The maximum Gasteiger partial charge on any atom is 0.323 e. The summed E-state index contributed by atoms with van der Waals surface area (Å²) in [6.45, 7) is -0.256. The molecule has 110 valence electrons. The first-order chi connectivity index (χ1) is 8.88. The molecule has 1 N–H and O–H groups in total. The third-order valence-electron chi connectivity index (χ3n) is 3.06. The molecule has 1 saturated heterocycles. The van der Waals surface area contributed by atoms with Crippen LogP contribution in [0, 0.1) is 0 Å². The number of aliphatic carboxylic acids is 1. The van der Waals surface area contributed by atoms with Gasteiger partial charge >= 0.3 is 5.97 Å². The molecular weight excluding hydrogens is 274 g/mol. The average Bonchev–Trinajstić information content (AvgIpc) is 2.32. The highest BCUT2D eigenvalue weighted by atomic mass is 32.2. The molecule has 0 bridgehead atoms. The van der Waals surface area contributed by atoms with E-state index in [1.165, 1.54) is 7.11 Å². The van der Waals surface area contributed by atoms with Gasteiger partial charge in [-0.25, -0.2) is 8.42 Å². The van der Waals surface area contributed by atoms with Crippen LogP contribution in [0.4, 0.5) is 0 Å². The highest BCUT2D eigenvalue weighted by Crippen LogP contribution is 2.21. The smallest absolute Gasteiger partial charge is 0.323 e. The number of rotatable bonds is 6. The zero-order valence-corrected chi connectivity index (χ0v) is 11.7. The summed E-state index contributed by atoms with van der Waals surface area (Å²) in [6.07, 6.45) is 1.49. The second kappa shape index (κ2) is 6.85. The van der Waals surface area contributed by atoms with Crippen molar-refractivity contribution in [3.8, 4) is 0 Å². The number of methoxy groups -OCH3 is 1. The minimum atomic E-state index is -3.45. The Labute approximate surface area is 112 Å². The normalized spacial score (nSPS) is 21.8. The van der Waals surface area contributed by atoms with Gasteiger partial charge in [0, 0.05) is 13.7 Å². The number of sulfone groups is 1. The molecule has 1 atom stereocenters. The van der Waals surface area contributed by atoms with Gasteiger partial charge in [0.15, 0.2) is 9.84 Å². The van der Waals surface area contributed by atoms with Gasteiger partial charge in [-0.15, -0.1) is 0 Å². The maximum atomic E-state index is 12.2. The summed E-state index contributed by atoms with van der Waals surface area (Å²) in [5, 5.41) is 7.68. The molecule has 8 heteroatoms. The van der Waals surface area contributed by atoms with Gasteiger partial charge in [0.2, 0.25) is 5.91 Å². The number of hydrogen-bond acceptors (Lipinski definition) is 5. The summed E-state index contributed by atoms with van der Waals surface area (Å²) in [6, 6.07) is 0. The van der Waals surface area contributed by atoms with E-state index in [1.54, 1.807) is 0 Å². The van der Waals surface area contributed by atoms with Crippen molar-refractivity contribution in [2.45, 2.75) is 24.5 Å². The lowest BCUT2D eigenvalue weighted by Gasteiger charge is -2.28. The fourth-order valence-corrected chi connectivity index (χ4v) is 3.94. The van der Waals surface area contributed by atoms with Crippen LogP contribution >= 0.6 is 0 Å².